The minimum Gasteiger partial charge on any atom is -0.393 e. The SMILES string of the molecule is CC(Nc1cccc(N)c1[N+](=O)[O-])c1ccc(Cl)cc1. The van der Waals surface area contributed by atoms with Crippen molar-refractivity contribution in [3.63, 3.8) is 0 Å². The summed E-state index contributed by atoms with van der Waals surface area (Å²) in [6.45, 7) is 1.91. The maximum atomic E-state index is 11.1. The van der Waals surface area contributed by atoms with Gasteiger partial charge in [-0.05, 0) is 36.8 Å². The minimum absolute atomic E-state index is 0.103. The van der Waals surface area contributed by atoms with Gasteiger partial charge in [0.25, 0.3) is 0 Å². The van der Waals surface area contributed by atoms with Gasteiger partial charge < -0.3 is 11.1 Å². The molecule has 0 aliphatic heterocycles. The Morgan fingerprint density at radius 2 is 1.90 bits per heavy atom. The predicted octanol–water partition coefficient (Wildman–Crippen LogP) is 4.00. The second-order valence-corrected chi connectivity index (χ2v) is 4.85. The van der Waals surface area contributed by atoms with Crippen molar-refractivity contribution in [1.82, 2.24) is 0 Å². The van der Waals surface area contributed by atoms with Crippen molar-refractivity contribution >= 4 is 28.7 Å². The van der Waals surface area contributed by atoms with Crippen LogP contribution in [0.2, 0.25) is 5.02 Å². The topological polar surface area (TPSA) is 81.2 Å². The van der Waals surface area contributed by atoms with Crippen LogP contribution >= 0.6 is 11.6 Å². The van der Waals surface area contributed by atoms with E-state index in [1.54, 1.807) is 24.3 Å². The number of hydrogen-bond acceptors (Lipinski definition) is 4. The number of nitrogens with zero attached hydrogens (tertiary/aromatic N) is 1. The van der Waals surface area contributed by atoms with Gasteiger partial charge in [-0.1, -0.05) is 29.8 Å². The van der Waals surface area contributed by atoms with Crippen molar-refractivity contribution in [1.29, 1.82) is 0 Å². The van der Waals surface area contributed by atoms with Gasteiger partial charge in [-0.3, -0.25) is 10.1 Å². The molecule has 5 nitrogen and oxygen atoms in total. The molecule has 1 atom stereocenters. The monoisotopic (exact) mass is 291 g/mol. The van der Waals surface area contributed by atoms with Crippen molar-refractivity contribution < 1.29 is 4.92 Å². The fraction of sp³-hybridized carbons (Fsp3) is 0.143. The fourth-order valence-corrected chi connectivity index (χ4v) is 2.08. The fourth-order valence-electron chi connectivity index (χ4n) is 1.95. The summed E-state index contributed by atoms with van der Waals surface area (Å²) in [7, 11) is 0. The predicted molar refractivity (Wildman–Crippen MR) is 81.0 cm³/mol. The molecule has 0 bridgehead atoms. The largest absolute Gasteiger partial charge is 0.393 e. The summed E-state index contributed by atoms with van der Waals surface area (Å²) < 4.78 is 0. The highest BCUT2D eigenvalue weighted by Crippen LogP contribution is 2.33. The van der Waals surface area contributed by atoms with Crippen LogP contribution in [0.3, 0.4) is 0 Å². The zero-order valence-electron chi connectivity index (χ0n) is 10.8. The number of hydrogen-bond donors (Lipinski definition) is 2. The molecule has 0 aliphatic rings. The molecule has 0 aromatic heterocycles. The smallest absolute Gasteiger partial charge is 0.314 e. The molecule has 0 radical (unpaired) electrons. The summed E-state index contributed by atoms with van der Waals surface area (Å²) in [5.74, 6) is 0. The van der Waals surface area contributed by atoms with Crippen LogP contribution in [0.15, 0.2) is 42.5 Å². The van der Waals surface area contributed by atoms with Crippen LogP contribution in [-0.2, 0) is 0 Å². The summed E-state index contributed by atoms with van der Waals surface area (Å²) in [5.41, 5.74) is 7.07. The zero-order valence-corrected chi connectivity index (χ0v) is 11.6. The van der Waals surface area contributed by atoms with Crippen LogP contribution in [0.1, 0.15) is 18.5 Å². The highest BCUT2D eigenvalue weighted by Gasteiger charge is 2.19. The molecule has 0 saturated heterocycles. The first kappa shape index (κ1) is 14.1. The second-order valence-electron chi connectivity index (χ2n) is 4.42. The van der Waals surface area contributed by atoms with E-state index in [-0.39, 0.29) is 17.4 Å². The Morgan fingerprint density at radius 3 is 2.50 bits per heavy atom. The first-order valence-corrected chi connectivity index (χ1v) is 6.41. The van der Waals surface area contributed by atoms with E-state index >= 15 is 0 Å². The van der Waals surface area contributed by atoms with Crippen molar-refractivity contribution in [2.24, 2.45) is 0 Å². The van der Waals surface area contributed by atoms with E-state index in [1.807, 2.05) is 19.1 Å². The van der Waals surface area contributed by atoms with Crippen molar-refractivity contribution in [2.75, 3.05) is 11.1 Å². The van der Waals surface area contributed by atoms with Gasteiger partial charge in [0.05, 0.1) is 4.92 Å². The molecule has 0 saturated carbocycles. The number of nitrogens with one attached hydrogen (secondary N) is 1. The van der Waals surface area contributed by atoms with Crippen molar-refractivity contribution in [2.45, 2.75) is 13.0 Å². The van der Waals surface area contributed by atoms with Crippen molar-refractivity contribution in [3.05, 3.63) is 63.2 Å². The molecular weight excluding hydrogens is 278 g/mol. The average molecular weight is 292 g/mol. The van der Waals surface area contributed by atoms with Crippen molar-refractivity contribution in [3.8, 4) is 0 Å². The standard InChI is InChI=1S/C14H14ClN3O2/c1-9(10-5-7-11(15)8-6-10)17-13-4-2-3-12(16)14(13)18(19)20/h2-9,17H,16H2,1H3. The Kier molecular flexibility index (Phi) is 4.10. The van der Waals surface area contributed by atoms with E-state index < -0.39 is 4.92 Å². The van der Waals surface area contributed by atoms with Crippen LogP contribution in [0, 0.1) is 10.1 Å². The number of anilines is 2. The van der Waals surface area contributed by atoms with Gasteiger partial charge in [-0.15, -0.1) is 0 Å². The molecule has 2 aromatic rings. The normalized spacial score (nSPS) is 11.9. The Labute approximate surface area is 121 Å². The summed E-state index contributed by atoms with van der Waals surface area (Å²) >= 11 is 5.84. The number of nitrogen functional groups attached to an aromatic ring is 1. The Morgan fingerprint density at radius 1 is 1.25 bits per heavy atom. The highest BCUT2D eigenvalue weighted by molar-refractivity contribution is 6.30. The first-order valence-electron chi connectivity index (χ1n) is 6.04. The molecule has 0 fully saturated rings. The molecule has 2 rings (SSSR count). The third-order valence-corrected chi connectivity index (χ3v) is 3.24. The lowest BCUT2D eigenvalue weighted by molar-refractivity contribution is -0.383. The molecule has 2 aromatic carbocycles. The van der Waals surface area contributed by atoms with E-state index in [1.165, 1.54) is 6.07 Å². The third-order valence-electron chi connectivity index (χ3n) is 2.99. The van der Waals surface area contributed by atoms with Crippen LogP contribution < -0.4 is 11.1 Å². The Bertz CT molecular complexity index is 629. The van der Waals surface area contributed by atoms with Gasteiger partial charge in [0, 0.05) is 11.1 Å². The number of benzene rings is 2. The summed E-state index contributed by atoms with van der Waals surface area (Å²) in [4.78, 5) is 10.6. The zero-order chi connectivity index (χ0) is 14.7. The van der Waals surface area contributed by atoms with Gasteiger partial charge in [-0.25, -0.2) is 0 Å². The molecule has 0 spiro atoms. The maximum absolute atomic E-state index is 11.1. The third kappa shape index (κ3) is 3.00. The number of para-hydroxylation sites is 1. The molecule has 20 heavy (non-hydrogen) atoms. The number of nitro groups is 1. The second kappa shape index (κ2) is 5.79. The van der Waals surface area contributed by atoms with E-state index in [4.69, 9.17) is 17.3 Å². The number of halogens is 1. The van der Waals surface area contributed by atoms with Gasteiger partial charge in [0.2, 0.25) is 0 Å². The molecule has 1 unspecified atom stereocenters. The maximum Gasteiger partial charge on any atom is 0.314 e. The first-order chi connectivity index (χ1) is 9.49. The van der Waals surface area contributed by atoms with Gasteiger partial charge in [-0.2, -0.15) is 0 Å². The average Bonchev–Trinajstić information content (AvgIpc) is 2.39. The molecule has 3 N–H and O–H groups in total. The Balaban J connectivity index is 2.28. The summed E-state index contributed by atoms with van der Waals surface area (Å²) in [6.07, 6.45) is 0. The molecule has 0 heterocycles. The van der Waals surface area contributed by atoms with E-state index in [0.29, 0.717) is 10.7 Å². The van der Waals surface area contributed by atoms with Crippen LogP contribution in [0.25, 0.3) is 0 Å². The number of nitrogens with two attached hydrogens (primary N) is 1. The molecule has 0 aliphatic carbocycles. The molecule has 0 amide bonds. The van der Waals surface area contributed by atoms with Gasteiger partial charge in [0.15, 0.2) is 0 Å². The lowest BCUT2D eigenvalue weighted by Gasteiger charge is -2.16. The number of nitro benzene ring substituents is 1. The van der Waals surface area contributed by atoms with Crippen LogP contribution in [0.4, 0.5) is 17.1 Å². The van der Waals surface area contributed by atoms with Crippen LogP contribution in [0.5, 0.6) is 0 Å². The molecule has 104 valence electrons. The van der Waals surface area contributed by atoms with E-state index in [2.05, 4.69) is 5.32 Å². The van der Waals surface area contributed by atoms with Gasteiger partial charge in [0.1, 0.15) is 11.4 Å². The lowest BCUT2D eigenvalue weighted by atomic mass is 10.1. The minimum atomic E-state index is -0.480. The molecular formula is C14H14ClN3O2. The molecule has 6 heteroatoms. The number of rotatable bonds is 4. The summed E-state index contributed by atoms with van der Waals surface area (Å²) in [5, 5.41) is 14.8. The summed E-state index contributed by atoms with van der Waals surface area (Å²) in [6, 6.07) is 12.0. The highest BCUT2D eigenvalue weighted by atomic mass is 35.5. The van der Waals surface area contributed by atoms with Crippen LogP contribution in [-0.4, -0.2) is 4.92 Å². The van der Waals surface area contributed by atoms with E-state index in [9.17, 15) is 10.1 Å². The quantitative estimate of drug-likeness (QED) is 0.507. The Hall–Kier alpha value is -2.27. The lowest BCUT2D eigenvalue weighted by Crippen LogP contribution is -2.09. The van der Waals surface area contributed by atoms with E-state index in [0.717, 1.165) is 5.56 Å². The van der Waals surface area contributed by atoms with Gasteiger partial charge >= 0.3 is 5.69 Å².